The highest BCUT2D eigenvalue weighted by Gasteiger charge is 2.17. The van der Waals surface area contributed by atoms with Crippen molar-refractivity contribution in [2.45, 2.75) is 6.04 Å². The summed E-state index contributed by atoms with van der Waals surface area (Å²) in [7, 11) is 0. The van der Waals surface area contributed by atoms with Gasteiger partial charge in [0, 0.05) is 31.2 Å². The van der Waals surface area contributed by atoms with Crippen molar-refractivity contribution in [1.82, 2.24) is 10.6 Å². The molecule has 4 nitrogen and oxygen atoms in total. The Morgan fingerprint density at radius 2 is 2.27 bits per heavy atom. The molecule has 1 fully saturated rings. The van der Waals surface area contributed by atoms with Gasteiger partial charge >= 0.3 is 0 Å². The highest BCUT2D eigenvalue weighted by atomic mass is 16.3. The van der Waals surface area contributed by atoms with Gasteiger partial charge in [0.05, 0.1) is 11.6 Å². The van der Waals surface area contributed by atoms with Crippen LogP contribution in [0.3, 0.4) is 0 Å². The van der Waals surface area contributed by atoms with Gasteiger partial charge in [-0.05, 0) is 18.2 Å². The van der Waals surface area contributed by atoms with Gasteiger partial charge in [0.25, 0.3) is 0 Å². The summed E-state index contributed by atoms with van der Waals surface area (Å²) in [6.45, 7) is 2.60. The van der Waals surface area contributed by atoms with E-state index in [0.717, 1.165) is 25.2 Å². The van der Waals surface area contributed by atoms with Gasteiger partial charge in [-0.25, -0.2) is 0 Å². The van der Waals surface area contributed by atoms with Crippen LogP contribution >= 0.6 is 0 Å². The predicted octanol–water partition coefficient (Wildman–Crippen LogP) is 0.498. The second-order valence-corrected chi connectivity index (χ2v) is 3.60. The summed E-state index contributed by atoms with van der Waals surface area (Å²) in [5.74, 6) is 0.246. The Labute approximate surface area is 88.5 Å². The monoisotopic (exact) mass is 203 g/mol. The first-order valence-corrected chi connectivity index (χ1v) is 4.98. The minimum atomic E-state index is 0.0899. The Morgan fingerprint density at radius 3 is 2.93 bits per heavy atom. The van der Waals surface area contributed by atoms with Crippen LogP contribution in [0.1, 0.15) is 17.2 Å². The van der Waals surface area contributed by atoms with Crippen LogP contribution in [0.4, 0.5) is 0 Å². The molecule has 0 aliphatic carbocycles. The van der Waals surface area contributed by atoms with Crippen molar-refractivity contribution >= 4 is 0 Å². The van der Waals surface area contributed by atoms with Crippen molar-refractivity contribution in [1.29, 1.82) is 5.26 Å². The van der Waals surface area contributed by atoms with Crippen molar-refractivity contribution < 1.29 is 5.11 Å². The zero-order chi connectivity index (χ0) is 10.7. The van der Waals surface area contributed by atoms with Gasteiger partial charge < -0.3 is 15.7 Å². The van der Waals surface area contributed by atoms with Crippen molar-refractivity contribution in [3.63, 3.8) is 0 Å². The van der Waals surface area contributed by atoms with E-state index in [1.807, 2.05) is 0 Å². The molecule has 1 atom stereocenters. The molecule has 0 unspecified atom stereocenters. The number of phenols is 1. The summed E-state index contributed by atoms with van der Waals surface area (Å²) in [5, 5.41) is 25.0. The lowest BCUT2D eigenvalue weighted by Gasteiger charge is -2.25. The highest BCUT2D eigenvalue weighted by Crippen LogP contribution is 2.25. The second kappa shape index (κ2) is 4.30. The standard InChI is InChI=1S/C11H13N3O/c12-6-8-1-2-11(15)9(5-8)10-7-13-3-4-14-10/h1-2,5,10,13-15H,3-4,7H2/t10-/m1/s1. The Balaban J connectivity index is 2.29. The van der Waals surface area contributed by atoms with E-state index >= 15 is 0 Å². The first-order chi connectivity index (χ1) is 7.31. The average Bonchev–Trinajstić information content (AvgIpc) is 2.31. The van der Waals surface area contributed by atoms with E-state index in [-0.39, 0.29) is 11.8 Å². The summed E-state index contributed by atoms with van der Waals surface area (Å²) in [6, 6.07) is 7.09. The largest absolute Gasteiger partial charge is 0.508 e. The minimum absolute atomic E-state index is 0.0899. The Hall–Kier alpha value is -1.57. The number of hydrogen-bond donors (Lipinski definition) is 3. The summed E-state index contributed by atoms with van der Waals surface area (Å²) >= 11 is 0. The summed E-state index contributed by atoms with van der Waals surface area (Å²) < 4.78 is 0. The molecule has 1 aliphatic rings. The van der Waals surface area contributed by atoms with E-state index in [9.17, 15) is 5.11 Å². The van der Waals surface area contributed by atoms with E-state index in [0.29, 0.717) is 5.56 Å². The molecule has 1 aromatic carbocycles. The van der Waals surface area contributed by atoms with E-state index in [2.05, 4.69) is 16.7 Å². The Morgan fingerprint density at radius 1 is 1.40 bits per heavy atom. The molecule has 1 heterocycles. The number of aromatic hydroxyl groups is 1. The molecule has 0 spiro atoms. The third-order valence-corrected chi connectivity index (χ3v) is 2.57. The molecule has 1 saturated heterocycles. The molecule has 0 amide bonds. The zero-order valence-electron chi connectivity index (χ0n) is 8.33. The quantitative estimate of drug-likeness (QED) is 0.621. The molecule has 0 radical (unpaired) electrons. The van der Waals surface area contributed by atoms with Crippen LogP contribution < -0.4 is 10.6 Å². The molecule has 15 heavy (non-hydrogen) atoms. The lowest BCUT2D eigenvalue weighted by Crippen LogP contribution is -2.42. The van der Waals surface area contributed by atoms with Gasteiger partial charge in [0.15, 0.2) is 0 Å². The maximum absolute atomic E-state index is 9.71. The first kappa shape index (κ1) is 9.97. The normalized spacial score (nSPS) is 20.9. The molecule has 0 saturated carbocycles. The molecule has 78 valence electrons. The lowest BCUT2D eigenvalue weighted by molar-refractivity contribution is 0.404. The number of phenolic OH excluding ortho intramolecular Hbond substituents is 1. The van der Waals surface area contributed by atoms with E-state index in [1.165, 1.54) is 0 Å². The Kier molecular flexibility index (Phi) is 2.86. The van der Waals surface area contributed by atoms with Gasteiger partial charge in [-0.3, -0.25) is 0 Å². The number of hydrogen-bond acceptors (Lipinski definition) is 4. The third kappa shape index (κ3) is 2.09. The molecule has 3 N–H and O–H groups in total. The van der Waals surface area contributed by atoms with Crippen LogP contribution in [0.25, 0.3) is 0 Å². The Bertz CT molecular complexity index is 391. The smallest absolute Gasteiger partial charge is 0.120 e. The van der Waals surface area contributed by atoms with Crippen LogP contribution in [-0.4, -0.2) is 24.7 Å². The minimum Gasteiger partial charge on any atom is -0.508 e. The molecule has 2 rings (SSSR count). The third-order valence-electron chi connectivity index (χ3n) is 2.57. The number of nitriles is 1. The average molecular weight is 203 g/mol. The number of piperazine rings is 1. The molecule has 1 aromatic rings. The van der Waals surface area contributed by atoms with Crippen molar-refractivity contribution in [2.75, 3.05) is 19.6 Å². The van der Waals surface area contributed by atoms with Gasteiger partial charge in [0.2, 0.25) is 0 Å². The highest BCUT2D eigenvalue weighted by molar-refractivity contribution is 5.43. The predicted molar refractivity (Wildman–Crippen MR) is 56.4 cm³/mol. The van der Waals surface area contributed by atoms with Crippen molar-refractivity contribution in [3.05, 3.63) is 29.3 Å². The lowest BCUT2D eigenvalue weighted by atomic mass is 10.0. The van der Waals surface area contributed by atoms with Crippen molar-refractivity contribution in [2.24, 2.45) is 0 Å². The SMILES string of the molecule is N#Cc1ccc(O)c([C@H]2CNCCN2)c1. The molecular weight excluding hydrogens is 190 g/mol. The molecule has 1 aliphatic heterocycles. The fourth-order valence-corrected chi connectivity index (χ4v) is 1.78. The van der Waals surface area contributed by atoms with E-state index < -0.39 is 0 Å². The molecule has 0 aromatic heterocycles. The fraction of sp³-hybridized carbons (Fsp3) is 0.364. The number of nitrogens with zero attached hydrogens (tertiary/aromatic N) is 1. The number of nitrogens with one attached hydrogen (secondary N) is 2. The summed E-state index contributed by atoms with van der Waals surface area (Å²) in [5.41, 5.74) is 1.37. The second-order valence-electron chi connectivity index (χ2n) is 3.60. The van der Waals surface area contributed by atoms with Gasteiger partial charge in [-0.15, -0.1) is 0 Å². The van der Waals surface area contributed by atoms with Gasteiger partial charge in [-0.2, -0.15) is 5.26 Å². The van der Waals surface area contributed by atoms with E-state index in [1.54, 1.807) is 18.2 Å². The van der Waals surface area contributed by atoms with E-state index in [4.69, 9.17) is 5.26 Å². The van der Waals surface area contributed by atoms with Gasteiger partial charge in [0.1, 0.15) is 5.75 Å². The zero-order valence-corrected chi connectivity index (χ0v) is 8.33. The maximum atomic E-state index is 9.71. The van der Waals surface area contributed by atoms with Crippen molar-refractivity contribution in [3.8, 4) is 11.8 Å². The number of rotatable bonds is 1. The van der Waals surface area contributed by atoms with Crippen LogP contribution in [0.2, 0.25) is 0 Å². The van der Waals surface area contributed by atoms with Crippen LogP contribution in [0.15, 0.2) is 18.2 Å². The van der Waals surface area contributed by atoms with Crippen LogP contribution in [0.5, 0.6) is 5.75 Å². The maximum Gasteiger partial charge on any atom is 0.120 e. The topological polar surface area (TPSA) is 68.1 Å². The first-order valence-electron chi connectivity index (χ1n) is 4.98. The summed E-state index contributed by atoms with van der Waals surface area (Å²) in [4.78, 5) is 0. The molecule has 0 bridgehead atoms. The summed E-state index contributed by atoms with van der Waals surface area (Å²) in [6.07, 6.45) is 0. The van der Waals surface area contributed by atoms with Crippen LogP contribution in [0, 0.1) is 11.3 Å². The van der Waals surface area contributed by atoms with Crippen LogP contribution in [-0.2, 0) is 0 Å². The molecular formula is C11H13N3O. The van der Waals surface area contributed by atoms with Gasteiger partial charge in [-0.1, -0.05) is 0 Å². The fourth-order valence-electron chi connectivity index (χ4n) is 1.78. The number of benzene rings is 1. The molecule has 4 heteroatoms.